The number of nitrogens with zero attached hydrogens (tertiary/aromatic N) is 1. The van der Waals surface area contributed by atoms with Crippen molar-refractivity contribution in [1.82, 2.24) is 15.6 Å². The van der Waals surface area contributed by atoms with E-state index in [1.54, 1.807) is 0 Å². The summed E-state index contributed by atoms with van der Waals surface area (Å²) in [5.74, 6) is 0.880. The first-order valence-electron chi connectivity index (χ1n) is 16.3. The SMILES string of the molecule is c1ccc(C2=NC(c3ccccc3)NC(c3cc4c(cc3-c3ccc(-c5ccc(-c6ccccc6)[nH]5)cc3)sc3ccccc34)N2)cc1. The van der Waals surface area contributed by atoms with Crippen molar-refractivity contribution in [2.75, 3.05) is 0 Å². The normalized spacial score (nSPS) is 16.1. The molecule has 5 heteroatoms. The van der Waals surface area contributed by atoms with Gasteiger partial charge in [-0.2, -0.15) is 0 Å². The van der Waals surface area contributed by atoms with Crippen molar-refractivity contribution in [3.63, 3.8) is 0 Å². The topological polar surface area (TPSA) is 52.2 Å². The molecule has 2 atom stereocenters. The predicted octanol–water partition coefficient (Wildman–Crippen LogP) is 10.7. The van der Waals surface area contributed by atoms with Crippen LogP contribution < -0.4 is 10.6 Å². The quantitative estimate of drug-likeness (QED) is 0.170. The van der Waals surface area contributed by atoms with Crippen LogP contribution in [-0.4, -0.2) is 10.8 Å². The molecule has 1 aliphatic rings. The smallest absolute Gasteiger partial charge is 0.131 e. The van der Waals surface area contributed by atoms with Crippen molar-refractivity contribution in [2.45, 2.75) is 12.3 Å². The third-order valence-corrected chi connectivity index (χ3v) is 10.3. The Labute approximate surface area is 283 Å². The molecule has 0 fully saturated rings. The number of benzene rings is 6. The molecule has 0 aliphatic carbocycles. The minimum Gasteiger partial charge on any atom is -0.355 e. The second-order valence-corrected chi connectivity index (χ2v) is 13.2. The number of hydrogen-bond acceptors (Lipinski definition) is 4. The van der Waals surface area contributed by atoms with Crippen LogP contribution in [0.25, 0.3) is 53.8 Å². The number of aromatic amines is 1. The summed E-state index contributed by atoms with van der Waals surface area (Å²) in [6, 6.07) is 58.1. The van der Waals surface area contributed by atoms with Gasteiger partial charge >= 0.3 is 0 Å². The number of aromatic nitrogens is 1. The van der Waals surface area contributed by atoms with Gasteiger partial charge in [0.25, 0.3) is 0 Å². The third-order valence-electron chi connectivity index (χ3n) is 9.16. The van der Waals surface area contributed by atoms with Gasteiger partial charge in [0.1, 0.15) is 18.2 Å². The number of fused-ring (bicyclic) bond motifs is 3. The highest BCUT2D eigenvalue weighted by atomic mass is 32.1. The maximum atomic E-state index is 5.16. The molecule has 0 amide bonds. The number of hydrogen-bond donors (Lipinski definition) is 3. The molecule has 9 rings (SSSR count). The van der Waals surface area contributed by atoms with Crippen LogP contribution in [0.3, 0.4) is 0 Å². The van der Waals surface area contributed by atoms with Gasteiger partial charge in [0, 0.05) is 37.1 Å². The molecule has 0 radical (unpaired) electrons. The highest BCUT2D eigenvalue weighted by Gasteiger charge is 2.28. The second-order valence-electron chi connectivity index (χ2n) is 12.2. The van der Waals surface area contributed by atoms with Crippen LogP contribution >= 0.6 is 11.3 Å². The van der Waals surface area contributed by atoms with E-state index in [4.69, 9.17) is 4.99 Å². The molecule has 6 aromatic carbocycles. The van der Waals surface area contributed by atoms with Crippen LogP contribution in [0.5, 0.6) is 0 Å². The lowest BCUT2D eigenvalue weighted by atomic mass is 9.93. The van der Waals surface area contributed by atoms with Gasteiger partial charge in [-0.1, -0.05) is 133 Å². The summed E-state index contributed by atoms with van der Waals surface area (Å²) < 4.78 is 2.58. The van der Waals surface area contributed by atoms with Crippen molar-refractivity contribution in [3.8, 4) is 33.6 Å². The van der Waals surface area contributed by atoms with Gasteiger partial charge in [-0.25, -0.2) is 4.99 Å². The fourth-order valence-corrected chi connectivity index (χ4v) is 7.85. The van der Waals surface area contributed by atoms with Gasteiger partial charge in [-0.15, -0.1) is 11.3 Å². The van der Waals surface area contributed by atoms with E-state index in [1.165, 1.54) is 42.4 Å². The first kappa shape index (κ1) is 28.5. The number of H-pyrrole nitrogens is 1. The number of aliphatic imine (C=N–C) groups is 1. The van der Waals surface area contributed by atoms with Gasteiger partial charge in [0.15, 0.2) is 0 Å². The van der Waals surface area contributed by atoms with Crippen LogP contribution in [0.4, 0.5) is 0 Å². The van der Waals surface area contributed by atoms with E-state index in [2.05, 4.69) is 167 Å². The zero-order chi connectivity index (χ0) is 31.9. The lowest BCUT2D eigenvalue weighted by molar-refractivity contribution is 0.410. The van der Waals surface area contributed by atoms with Crippen LogP contribution in [0, 0.1) is 0 Å². The lowest BCUT2D eigenvalue weighted by Crippen LogP contribution is -2.45. The summed E-state index contributed by atoms with van der Waals surface area (Å²) in [6.45, 7) is 0. The Balaban J connectivity index is 1.16. The van der Waals surface area contributed by atoms with E-state index >= 15 is 0 Å². The number of amidine groups is 1. The number of rotatable bonds is 6. The fraction of sp³-hybridized carbons (Fsp3) is 0.0465. The van der Waals surface area contributed by atoms with E-state index < -0.39 is 0 Å². The fourth-order valence-electron chi connectivity index (χ4n) is 6.72. The molecular weight excluding hydrogens is 605 g/mol. The summed E-state index contributed by atoms with van der Waals surface area (Å²) >= 11 is 1.85. The molecule has 48 heavy (non-hydrogen) atoms. The molecule has 0 bridgehead atoms. The monoisotopic (exact) mass is 636 g/mol. The molecule has 3 N–H and O–H groups in total. The summed E-state index contributed by atoms with van der Waals surface area (Å²) in [5, 5.41) is 10.2. The Morgan fingerprint density at radius 3 is 1.83 bits per heavy atom. The number of nitrogens with one attached hydrogen (secondary N) is 3. The van der Waals surface area contributed by atoms with Crippen molar-refractivity contribution >= 4 is 37.3 Å². The first-order valence-corrected chi connectivity index (χ1v) is 17.1. The minimum atomic E-state index is -0.204. The largest absolute Gasteiger partial charge is 0.355 e. The molecule has 0 saturated heterocycles. The average Bonchev–Trinajstić information content (AvgIpc) is 3.81. The maximum absolute atomic E-state index is 5.16. The Bertz CT molecular complexity index is 2390. The summed E-state index contributed by atoms with van der Waals surface area (Å²) in [7, 11) is 0. The van der Waals surface area contributed by atoms with Gasteiger partial charge < -0.3 is 10.3 Å². The standard InChI is InChI=1S/C43H32N4S/c1-4-12-29(13-5-1)37-24-25-38(44-37)30-22-20-28(21-23-30)34-27-40-35(33-18-10-11-19-39(33)48-40)26-36(34)43-46-41(31-14-6-2-7-15-31)45-42(47-43)32-16-8-3-9-17-32/h1-27,41,43-44,46H,(H,45,47). The highest BCUT2D eigenvalue weighted by Crippen LogP contribution is 2.41. The van der Waals surface area contributed by atoms with Gasteiger partial charge in [0.05, 0.1) is 0 Å². The van der Waals surface area contributed by atoms with Crippen molar-refractivity contribution in [2.24, 2.45) is 4.99 Å². The van der Waals surface area contributed by atoms with E-state index in [0.29, 0.717) is 0 Å². The van der Waals surface area contributed by atoms with E-state index in [-0.39, 0.29) is 12.3 Å². The molecule has 8 aromatic rings. The zero-order valence-electron chi connectivity index (χ0n) is 26.1. The molecular formula is C43H32N4S. The lowest BCUT2D eigenvalue weighted by Gasteiger charge is -2.33. The van der Waals surface area contributed by atoms with Crippen LogP contribution in [0.1, 0.15) is 29.0 Å². The van der Waals surface area contributed by atoms with E-state index in [0.717, 1.165) is 33.9 Å². The van der Waals surface area contributed by atoms with E-state index in [9.17, 15) is 0 Å². The van der Waals surface area contributed by atoms with Crippen molar-refractivity contribution in [3.05, 3.63) is 180 Å². The molecule has 2 aromatic heterocycles. The summed E-state index contributed by atoms with van der Waals surface area (Å²) in [5.41, 5.74) is 10.3. The Hall–Kier alpha value is -5.75. The predicted molar refractivity (Wildman–Crippen MR) is 201 cm³/mol. The van der Waals surface area contributed by atoms with Gasteiger partial charge in [0.2, 0.25) is 0 Å². The molecule has 3 heterocycles. The number of thiophene rings is 1. The molecule has 1 aliphatic heterocycles. The zero-order valence-corrected chi connectivity index (χ0v) is 26.9. The summed E-state index contributed by atoms with van der Waals surface area (Å²) in [4.78, 5) is 8.78. The van der Waals surface area contributed by atoms with Crippen LogP contribution in [0.15, 0.2) is 169 Å². The summed E-state index contributed by atoms with van der Waals surface area (Å²) in [6.07, 6.45) is -0.387. The third kappa shape index (κ3) is 5.29. The van der Waals surface area contributed by atoms with Gasteiger partial charge in [-0.3, -0.25) is 5.32 Å². The molecule has 0 spiro atoms. The minimum absolute atomic E-state index is 0.183. The second kappa shape index (κ2) is 12.1. The maximum Gasteiger partial charge on any atom is 0.131 e. The van der Waals surface area contributed by atoms with Crippen molar-refractivity contribution in [1.29, 1.82) is 0 Å². The molecule has 0 saturated carbocycles. The molecule has 2 unspecified atom stereocenters. The Kier molecular flexibility index (Phi) is 7.19. The van der Waals surface area contributed by atoms with Crippen LogP contribution in [0.2, 0.25) is 0 Å². The van der Waals surface area contributed by atoms with Gasteiger partial charge in [-0.05, 0) is 63.7 Å². The Morgan fingerprint density at radius 2 is 1.10 bits per heavy atom. The molecule has 4 nitrogen and oxygen atoms in total. The highest BCUT2D eigenvalue weighted by molar-refractivity contribution is 7.25. The van der Waals surface area contributed by atoms with Crippen molar-refractivity contribution < 1.29 is 0 Å². The van der Waals surface area contributed by atoms with E-state index in [1.807, 2.05) is 23.5 Å². The average molecular weight is 637 g/mol. The molecule has 230 valence electrons. The Morgan fingerprint density at radius 1 is 0.500 bits per heavy atom. The van der Waals surface area contributed by atoms with Crippen LogP contribution in [-0.2, 0) is 0 Å². The first-order chi connectivity index (χ1) is 23.8.